The molecule has 1 aliphatic rings. The predicted octanol–water partition coefficient (Wildman–Crippen LogP) is 4.90. The lowest BCUT2D eigenvalue weighted by molar-refractivity contribution is 0.242. The fourth-order valence-electron chi connectivity index (χ4n) is 2.67. The Bertz CT molecular complexity index is 261. The number of epoxide rings is 1. The number of thiocarbonyl (C=S) groups is 1. The fourth-order valence-corrected chi connectivity index (χ4v) is 2.99. The third-order valence-electron chi connectivity index (χ3n) is 4.27. The molecule has 0 aromatic rings. The van der Waals surface area contributed by atoms with Gasteiger partial charge in [0, 0.05) is 0 Å². The number of hydrogen-bond acceptors (Lipinski definition) is 3. The normalized spacial score (nSPS) is 23.1. The molecule has 2 nitrogen and oxygen atoms in total. The van der Waals surface area contributed by atoms with Crippen LogP contribution in [0.3, 0.4) is 0 Å². The van der Waals surface area contributed by atoms with E-state index in [9.17, 15) is 0 Å². The standard InChI is InChI=1S/C16H30O2S/c1-4-5-6-7-8-9-10-11-12-14(2)16(13-18-16)15(19)17-3/h14H,4-13H2,1-3H3. The summed E-state index contributed by atoms with van der Waals surface area (Å²) in [4.78, 5) is 0. The maximum atomic E-state index is 5.57. The van der Waals surface area contributed by atoms with Crippen molar-refractivity contribution in [1.82, 2.24) is 0 Å². The minimum Gasteiger partial charge on any atom is -0.488 e. The second kappa shape index (κ2) is 8.91. The summed E-state index contributed by atoms with van der Waals surface area (Å²) in [7, 11) is 1.65. The average molecular weight is 286 g/mol. The molecule has 0 amide bonds. The maximum Gasteiger partial charge on any atom is 0.194 e. The molecule has 0 radical (unpaired) electrons. The highest BCUT2D eigenvalue weighted by molar-refractivity contribution is 7.80. The van der Waals surface area contributed by atoms with Crippen LogP contribution in [0.5, 0.6) is 0 Å². The van der Waals surface area contributed by atoms with Crippen molar-refractivity contribution in [2.24, 2.45) is 5.92 Å². The first-order valence-corrected chi connectivity index (χ1v) is 8.30. The molecular weight excluding hydrogens is 256 g/mol. The minimum atomic E-state index is -0.231. The molecule has 0 aromatic carbocycles. The van der Waals surface area contributed by atoms with Gasteiger partial charge in [0.2, 0.25) is 0 Å². The van der Waals surface area contributed by atoms with Gasteiger partial charge >= 0.3 is 0 Å². The van der Waals surface area contributed by atoms with E-state index < -0.39 is 0 Å². The molecule has 1 rings (SSSR count). The van der Waals surface area contributed by atoms with Gasteiger partial charge in [-0.15, -0.1) is 0 Å². The Hall–Kier alpha value is -0.150. The second-order valence-corrected chi connectivity index (χ2v) is 6.21. The van der Waals surface area contributed by atoms with Crippen LogP contribution in [-0.2, 0) is 9.47 Å². The fraction of sp³-hybridized carbons (Fsp3) is 0.938. The Labute approximate surface area is 124 Å². The summed E-state index contributed by atoms with van der Waals surface area (Å²) in [6, 6.07) is 0. The van der Waals surface area contributed by atoms with Gasteiger partial charge in [-0.3, -0.25) is 0 Å². The molecule has 1 heterocycles. The summed E-state index contributed by atoms with van der Waals surface area (Å²) in [5.41, 5.74) is -0.231. The highest BCUT2D eigenvalue weighted by Crippen LogP contribution is 2.39. The van der Waals surface area contributed by atoms with Crippen LogP contribution >= 0.6 is 12.2 Å². The van der Waals surface area contributed by atoms with Crippen molar-refractivity contribution in [3.05, 3.63) is 0 Å². The van der Waals surface area contributed by atoms with E-state index in [2.05, 4.69) is 13.8 Å². The van der Waals surface area contributed by atoms with E-state index in [0.29, 0.717) is 11.0 Å². The van der Waals surface area contributed by atoms with Crippen molar-refractivity contribution in [3.8, 4) is 0 Å². The van der Waals surface area contributed by atoms with Crippen LogP contribution < -0.4 is 0 Å². The van der Waals surface area contributed by atoms with Gasteiger partial charge in [0.05, 0.1) is 13.7 Å². The summed E-state index contributed by atoms with van der Waals surface area (Å²) >= 11 is 5.24. The third-order valence-corrected chi connectivity index (χ3v) is 4.79. The Morgan fingerprint density at radius 3 is 2.16 bits per heavy atom. The lowest BCUT2D eigenvalue weighted by Crippen LogP contribution is -2.32. The molecule has 112 valence electrons. The van der Waals surface area contributed by atoms with Crippen LogP contribution in [-0.4, -0.2) is 24.4 Å². The van der Waals surface area contributed by atoms with E-state index in [1.54, 1.807) is 7.11 Å². The van der Waals surface area contributed by atoms with E-state index in [1.165, 1.54) is 57.8 Å². The SMILES string of the molecule is CCCCCCCCCCC(C)C1(C(=S)OC)CO1. The molecule has 0 spiro atoms. The number of ether oxygens (including phenoxy) is 2. The highest BCUT2D eigenvalue weighted by Gasteiger charge is 2.54. The minimum absolute atomic E-state index is 0.231. The first-order valence-electron chi connectivity index (χ1n) is 7.89. The van der Waals surface area contributed by atoms with Gasteiger partial charge < -0.3 is 9.47 Å². The van der Waals surface area contributed by atoms with Gasteiger partial charge in [0.1, 0.15) is 0 Å². The largest absolute Gasteiger partial charge is 0.488 e. The summed E-state index contributed by atoms with van der Waals surface area (Å²) in [6.07, 6.45) is 12.1. The van der Waals surface area contributed by atoms with Gasteiger partial charge in [-0.1, -0.05) is 65.2 Å². The van der Waals surface area contributed by atoms with Crippen LogP contribution in [0, 0.1) is 5.92 Å². The first-order chi connectivity index (χ1) is 9.17. The second-order valence-electron chi connectivity index (χ2n) is 5.83. The molecule has 0 saturated carbocycles. The Morgan fingerprint density at radius 1 is 1.16 bits per heavy atom. The first kappa shape index (κ1) is 16.9. The summed E-state index contributed by atoms with van der Waals surface area (Å²) in [5.74, 6) is 0.486. The molecule has 2 atom stereocenters. The predicted molar refractivity (Wildman–Crippen MR) is 84.7 cm³/mol. The van der Waals surface area contributed by atoms with E-state index in [0.717, 1.165) is 6.61 Å². The maximum absolute atomic E-state index is 5.57. The molecule has 1 fully saturated rings. The number of hydrogen-bond donors (Lipinski definition) is 0. The molecule has 0 bridgehead atoms. The Morgan fingerprint density at radius 2 is 1.68 bits per heavy atom. The molecule has 1 aliphatic heterocycles. The van der Waals surface area contributed by atoms with E-state index >= 15 is 0 Å². The molecule has 1 saturated heterocycles. The summed E-state index contributed by atoms with van der Waals surface area (Å²) < 4.78 is 10.8. The van der Waals surface area contributed by atoms with Crippen molar-refractivity contribution < 1.29 is 9.47 Å². The Kier molecular flexibility index (Phi) is 7.93. The lowest BCUT2D eigenvalue weighted by atomic mass is 9.90. The summed E-state index contributed by atoms with van der Waals surface area (Å²) in [5, 5.41) is 0.638. The topological polar surface area (TPSA) is 21.8 Å². The van der Waals surface area contributed by atoms with Crippen molar-refractivity contribution >= 4 is 17.3 Å². The average Bonchev–Trinajstić information content (AvgIpc) is 3.22. The molecule has 3 heteroatoms. The third kappa shape index (κ3) is 5.39. The van der Waals surface area contributed by atoms with Gasteiger partial charge in [-0.05, 0) is 24.6 Å². The van der Waals surface area contributed by atoms with Crippen molar-refractivity contribution in [2.45, 2.75) is 77.2 Å². The number of unbranched alkanes of at least 4 members (excludes halogenated alkanes) is 7. The lowest BCUT2D eigenvalue weighted by Gasteiger charge is -2.19. The molecule has 2 unspecified atom stereocenters. The van der Waals surface area contributed by atoms with Gasteiger partial charge in [0.25, 0.3) is 0 Å². The zero-order valence-corrected chi connectivity index (χ0v) is 13.7. The van der Waals surface area contributed by atoms with Crippen LogP contribution in [0.2, 0.25) is 0 Å². The van der Waals surface area contributed by atoms with Gasteiger partial charge in [-0.25, -0.2) is 0 Å². The van der Waals surface area contributed by atoms with Gasteiger partial charge in [-0.2, -0.15) is 0 Å². The zero-order valence-electron chi connectivity index (χ0n) is 12.9. The van der Waals surface area contributed by atoms with Gasteiger partial charge in [0.15, 0.2) is 10.7 Å². The molecule has 19 heavy (non-hydrogen) atoms. The molecule has 0 aromatic heterocycles. The van der Waals surface area contributed by atoms with Crippen LogP contribution in [0.25, 0.3) is 0 Å². The van der Waals surface area contributed by atoms with Crippen molar-refractivity contribution in [2.75, 3.05) is 13.7 Å². The molecule has 0 N–H and O–H groups in total. The van der Waals surface area contributed by atoms with Crippen LogP contribution in [0.15, 0.2) is 0 Å². The van der Waals surface area contributed by atoms with E-state index in [1.807, 2.05) is 0 Å². The smallest absolute Gasteiger partial charge is 0.194 e. The zero-order chi connectivity index (χ0) is 14.1. The molecule has 0 aliphatic carbocycles. The quantitative estimate of drug-likeness (QED) is 0.306. The van der Waals surface area contributed by atoms with Crippen molar-refractivity contribution in [1.29, 1.82) is 0 Å². The number of methoxy groups -OCH3 is 1. The van der Waals surface area contributed by atoms with E-state index in [-0.39, 0.29) is 5.60 Å². The monoisotopic (exact) mass is 286 g/mol. The van der Waals surface area contributed by atoms with Crippen LogP contribution in [0.1, 0.15) is 71.6 Å². The molecular formula is C16H30O2S. The van der Waals surface area contributed by atoms with Crippen molar-refractivity contribution in [3.63, 3.8) is 0 Å². The Balaban J connectivity index is 2.02. The van der Waals surface area contributed by atoms with E-state index in [4.69, 9.17) is 21.7 Å². The number of rotatable bonds is 11. The summed E-state index contributed by atoms with van der Waals surface area (Å²) in [6.45, 7) is 5.25. The highest BCUT2D eigenvalue weighted by atomic mass is 32.1. The van der Waals surface area contributed by atoms with Crippen LogP contribution in [0.4, 0.5) is 0 Å².